The van der Waals surface area contributed by atoms with Crippen molar-refractivity contribution in [2.24, 2.45) is 11.8 Å². The third-order valence-corrected chi connectivity index (χ3v) is 4.04. The van der Waals surface area contributed by atoms with E-state index >= 15 is 0 Å². The second kappa shape index (κ2) is 4.15. The van der Waals surface area contributed by atoms with Crippen LogP contribution in [0.1, 0.15) is 18.5 Å². The van der Waals surface area contributed by atoms with Crippen LogP contribution in [0, 0.1) is 11.8 Å². The van der Waals surface area contributed by atoms with E-state index in [9.17, 15) is 4.79 Å². The van der Waals surface area contributed by atoms with Crippen LogP contribution in [0.2, 0.25) is 0 Å². The number of rotatable bonds is 2. The molecule has 0 aromatic heterocycles. The Balaban J connectivity index is 1.73. The summed E-state index contributed by atoms with van der Waals surface area (Å²) >= 11 is 0. The standard InChI is InChI=1S/C14H17NO2/c1-10(11-5-3-2-4-6-11)15-7-12-9-17-14(16)13(12)8-15/h2-6,10,12-13H,7-9H2,1H3/t10-,12-,13-/m1/s1. The summed E-state index contributed by atoms with van der Waals surface area (Å²) in [5.74, 6) is 0.521. The van der Waals surface area contributed by atoms with E-state index in [2.05, 4.69) is 36.1 Å². The van der Waals surface area contributed by atoms with E-state index in [1.807, 2.05) is 6.07 Å². The van der Waals surface area contributed by atoms with Crippen molar-refractivity contribution in [3.63, 3.8) is 0 Å². The molecule has 3 rings (SSSR count). The molecule has 90 valence electrons. The highest BCUT2D eigenvalue weighted by Gasteiger charge is 2.45. The number of ether oxygens (including phenoxy) is 1. The zero-order chi connectivity index (χ0) is 11.8. The van der Waals surface area contributed by atoms with E-state index < -0.39 is 0 Å². The largest absolute Gasteiger partial charge is 0.465 e. The first-order valence-electron chi connectivity index (χ1n) is 6.21. The molecule has 0 unspecified atom stereocenters. The molecule has 3 heteroatoms. The summed E-state index contributed by atoms with van der Waals surface area (Å²) in [6.07, 6.45) is 0. The van der Waals surface area contributed by atoms with Gasteiger partial charge in [-0.05, 0) is 12.5 Å². The van der Waals surface area contributed by atoms with Crippen molar-refractivity contribution < 1.29 is 9.53 Å². The lowest BCUT2D eigenvalue weighted by Crippen LogP contribution is -2.27. The molecule has 0 spiro atoms. The summed E-state index contributed by atoms with van der Waals surface area (Å²) in [7, 11) is 0. The van der Waals surface area contributed by atoms with Crippen molar-refractivity contribution >= 4 is 5.97 Å². The predicted molar refractivity (Wildman–Crippen MR) is 64.4 cm³/mol. The number of hydrogen-bond donors (Lipinski definition) is 0. The Morgan fingerprint density at radius 1 is 1.29 bits per heavy atom. The number of cyclic esters (lactones) is 1. The molecule has 0 bridgehead atoms. The molecular formula is C14H17NO2. The van der Waals surface area contributed by atoms with Crippen molar-refractivity contribution in [1.82, 2.24) is 4.90 Å². The monoisotopic (exact) mass is 231 g/mol. The Kier molecular flexibility index (Phi) is 2.63. The fourth-order valence-electron chi connectivity index (χ4n) is 2.90. The maximum Gasteiger partial charge on any atom is 0.310 e. The first kappa shape index (κ1) is 10.8. The molecule has 0 N–H and O–H groups in total. The van der Waals surface area contributed by atoms with Crippen LogP contribution in [-0.4, -0.2) is 30.6 Å². The SMILES string of the molecule is C[C@H](c1ccccc1)N1C[C@@H]2COC(=O)[C@@H]2C1. The highest BCUT2D eigenvalue weighted by molar-refractivity contribution is 5.75. The van der Waals surface area contributed by atoms with E-state index in [-0.39, 0.29) is 11.9 Å². The van der Waals surface area contributed by atoms with E-state index in [1.54, 1.807) is 0 Å². The van der Waals surface area contributed by atoms with Crippen LogP contribution in [0.15, 0.2) is 30.3 Å². The van der Waals surface area contributed by atoms with E-state index in [0.717, 1.165) is 13.1 Å². The van der Waals surface area contributed by atoms with Gasteiger partial charge in [-0.1, -0.05) is 30.3 Å². The van der Waals surface area contributed by atoms with Crippen molar-refractivity contribution in [3.05, 3.63) is 35.9 Å². The van der Waals surface area contributed by atoms with Gasteiger partial charge in [-0.25, -0.2) is 0 Å². The van der Waals surface area contributed by atoms with Crippen LogP contribution in [0.3, 0.4) is 0 Å². The normalized spacial score (nSPS) is 30.1. The molecule has 1 aromatic carbocycles. The quantitative estimate of drug-likeness (QED) is 0.727. The molecular weight excluding hydrogens is 214 g/mol. The van der Waals surface area contributed by atoms with Crippen molar-refractivity contribution in [3.8, 4) is 0 Å². The molecule has 3 atom stereocenters. The Bertz CT molecular complexity index is 417. The Morgan fingerprint density at radius 2 is 2.06 bits per heavy atom. The van der Waals surface area contributed by atoms with Gasteiger partial charge in [-0.3, -0.25) is 9.69 Å². The third kappa shape index (κ3) is 1.84. The lowest BCUT2D eigenvalue weighted by atomic mass is 10.0. The number of hydrogen-bond acceptors (Lipinski definition) is 3. The lowest BCUT2D eigenvalue weighted by Gasteiger charge is -2.25. The highest BCUT2D eigenvalue weighted by Crippen LogP contribution is 2.35. The minimum absolute atomic E-state index is 0.00207. The number of nitrogens with zero attached hydrogens (tertiary/aromatic N) is 1. The highest BCUT2D eigenvalue weighted by atomic mass is 16.5. The van der Waals surface area contributed by atoms with Gasteiger partial charge in [-0.2, -0.15) is 0 Å². The van der Waals surface area contributed by atoms with Crippen molar-refractivity contribution in [2.75, 3.05) is 19.7 Å². The summed E-state index contributed by atoms with van der Waals surface area (Å²) in [6, 6.07) is 10.9. The molecule has 0 amide bonds. The lowest BCUT2D eigenvalue weighted by molar-refractivity contribution is -0.141. The maximum absolute atomic E-state index is 11.5. The Labute approximate surface area is 101 Å². The molecule has 2 fully saturated rings. The first-order chi connectivity index (χ1) is 8.25. The number of benzene rings is 1. The molecule has 2 saturated heterocycles. The summed E-state index contributed by atoms with van der Waals surface area (Å²) in [4.78, 5) is 13.9. The molecule has 1 aromatic rings. The van der Waals surface area contributed by atoms with Gasteiger partial charge < -0.3 is 4.74 Å². The zero-order valence-electron chi connectivity index (χ0n) is 10.0. The van der Waals surface area contributed by atoms with Crippen molar-refractivity contribution in [2.45, 2.75) is 13.0 Å². The van der Waals surface area contributed by atoms with Gasteiger partial charge in [0.15, 0.2) is 0 Å². The van der Waals surface area contributed by atoms with Gasteiger partial charge in [0, 0.05) is 25.0 Å². The molecule has 0 saturated carbocycles. The molecule has 2 aliphatic rings. The Morgan fingerprint density at radius 3 is 2.76 bits per heavy atom. The average molecular weight is 231 g/mol. The molecule has 2 aliphatic heterocycles. The maximum atomic E-state index is 11.5. The van der Waals surface area contributed by atoms with Gasteiger partial charge in [0.2, 0.25) is 0 Å². The van der Waals surface area contributed by atoms with Gasteiger partial charge in [0.25, 0.3) is 0 Å². The molecule has 0 radical (unpaired) electrons. The predicted octanol–water partition coefficient (Wildman–Crippen LogP) is 1.85. The van der Waals surface area contributed by atoms with E-state index in [1.165, 1.54) is 5.56 Å². The van der Waals surface area contributed by atoms with Crippen LogP contribution >= 0.6 is 0 Å². The number of carbonyl (C=O) groups is 1. The van der Waals surface area contributed by atoms with Crippen LogP contribution in [0.25, 0.3) is 0 Å². The topological polar surface area (TPSA) is 29.5 Å². The fraction of sp³-hybridized carbons (Fsp3) is 0.500. The summed E-state index contributed by atoms with van der Waals surface area (Å²) in [5, 5.41) is 0. The van der Waals surface area contributed by atoms with E-state index in [0.29, 0.717) is 18.6 Å². The first-order valence-corrected chi connectivity index (χ1v) is 6.21. The van der Waals surface area contributed by atoms with Crippen LogP contribution < -0.4 is 0 Å². The average Bonchev–Trinajstić information content (AvgIpc) is 2.92. The number of carbonyl (C=O) groups excluding carboxylic acids is 1. The number of esters is 1. The second-order valence-corrected chi connectivity index (χ2v) is 5.04. The van der Waals surface area contributed by atoms with Crippen LogP contribution in [0.5, 0.6) is 0 Å². The number of fused-ring (bicyclic) bond motifs is 1. The minimum Gasteiger partial charge on any atom is -0.465 e. The number of likely N-dealkylation sites (tertiary alicyclic amines) is 1. The molecule has 3 nitrogen and oxygen atoms in total. The fourth-order valence-corrected chi connectivity index (χ4v) is 2.90. The van der Waals surface area contributed by atoms with Gasteiger partial charge in [-0.15, -0.1) is 0 Å². The van der Waals surface area contributed by atoms with Gasteiger partial charge in [0.05, 0.1) is 12.5 Å². The minimum atomic E-state index is -0.00207. The summed E-state index contributed by atoms with van der Waals surface area (Å²) in [6.45, 7) is 4.65. The zero-order valence-corrected chi connectivity index (χ0v) is 10.0. The van der Waals surface area contributed by atoms with Gasteiger partial charge >= 0.3 is 5.97 Å². The molecule has 0 aliphatic carbocycles. The van der Waals surface area contributed by atoms with E-state index in [4.69, 9.17) is 4.74 Å². The molecule has 17 heavy (non-hydrogen) atoms. The summed E-state index contributed by atoms with van der Waals surface area (Å²) in [5.41, 5.74) is 1.32. The summed E-state index contributed by atoms with van der Waals surface area (Å²) < 4.78 is 5.09. The van der Waals surface area contributed by atoms with Crippen molar-refractivity contribution in [1.29, 1.82) is 0 Å². The Hall–Kier alpha value is -1.35. The van der Waals surface area contributed by atoms with Crippen LogP contribution in [0.4, 0.5) is 0 Å². The third-order valence-electron chi connectivity index (χ3n) is 4.04. The second-order valence-electron chi connectivity index (χ2n) is 5.04. The van der Waals surface area contributed by atoms with Gasteiger partial charge in [0.1, 0.15) is 0 Å². The smallest absolute Gasteiger partial charge is 0.310 e. The molecule has 2 heterocycles. The van der Waals surface area contributed by atoms with Crippen LogP contribution in [-0.2, 0) is 9.53 Å².